The largest absolute Gasteiger partial charge is 0.335 e. The Morgan fingerprint density at radius 1 is 1.24 bits per heavy atom. The highest BCUT2D eigenvalue weighted by molar-refractivity contribution is 5.90. The zero-order chi connectivity index (χ0) is 15.0. The van der Waals surface area contributed by atoms with Crippen molar-refractivity contribution < 1.29 is 4.79 Å². The van der Waals surface area contributed by atoms with Crippen molar-refractivity contribution in [3.8, 4) is 0 Å². The minimum atomic E-state index is -0.0704. The van der Waals surface area contributed by atoms with E-state index in [2.05, 4.69) is 30.5 Å². The van der Waals surface area contributed by atoms with E-state index in [4.69, 9.17) is 0 Å². The Hall–Kier alpha value is -1.51. The number of fused-ring (bicyclic) bond motifs is 2. The molecule has 3 nitrogen and oxygen atoms in total. The highest BCUT2D eigenvalue weighted by Crippen LogP contribution is 2.49. The van der Waals surface area contributed by atoms with Crippen molar-refractivity contribution in [2.45, 2.75) is 52.5 Å². The van der Waals surface area contributed by atoms with Crippen LogP contribution in [0.1, 0.15) is 43.7 Å². The number of hydrogen-bond acceptors (Lipinski definition) is 1. The van der Waals surface area contributed by atoms with Crippen LogP contribution < -0.4 is 10.6 Å². The van der Waals surface area contributed by atoms with Gasteiger partial charge in [-0.05, 0) is 75.0 Å². The topological polar surface area (TPSA) is 41.1 Å². The Kier molecular flexibility index (Phi) is 3.92. The molecule has 0 aromatic heterocycles. The van der Waals surface area contributed by atoms with Crippen LogP contribution in [0, 0.1) is 31.6 Å². The van der Waals surface area contributed by atoms with Gasteiger partial charge in [-0.15, -0.1) is 0 Å². The van der Waals surface area contributed by atoms with Crippen molar-refractivity contribution in [2.75, 3.05) is 5.32 Å². The first-order valence-electron chi connectivity index (χ1n) is 8.18. The van der Waals surface area contributed by atoms with E-state index in [0.29, 0.717) is 5.92 Å². The Balaban J connectivity index is 1.58. The zero-order valence-electron chi connectivity index (χ0n) is 13.3. The molecule has 2 bridgehead atoms. The fraction of sp³-hybridized carbons (Fsp3) is 0.611. The third kappa shape index (κ3) is 2.92. The van der Waals surface area contributed by atoms with Crippen molar-refractivity contribution in [2.24, 2.45) is 17.8 Å². The summed E-state index contributed by atoms with van der Waals surface area (Å²) in [6, 6.07) is 6.21. The van der Waals surface area contributed by atoms with Gasteiger partial charge in [0.25, 0.3) is 0 Å². The minimum absolute atomic E-state index is 0.0704. The molecule has 0 heterocycles. The molecule has 0 saturated heterocycles. The molecule has 0 aliphatic heterocycles. The van der Waals surface area contributed by atoms with Crippen molar-refractivity contribution in [1.82, 2.24) is 5.32 Å². The highest BCUT2D eigenvalue weighted by atomic mass is 16.2. The van der Waals surface area contributed by atoms with E-state index in [1.54, 1.807) is 0 Å². The first-order chi connectivity index (χ1) is 10.0. The van der Waals surface area contributed by atoms with E-state index >= 15 is 0 Å². The van der Waals surface area contributed by atoms with Gasteiger partial charge in [-0.2, -0.15) is 0 Å². The molecule has 3 heteroatoms. The van der Waals surface area contributed by atoms with E-state index < -0.39 is 0 Å². The standard InChI is InChI=1S/C18H26N2O/c1-11-5-4-6-17(12(11)2)20-18(21)19-13(3)16-10-14-7-8-15(16)9-14/h4-6,13-16H,7-10H2,1-3H3,(H2,19,20,21)/t13-,14-,15-,16-/m0/s1. The number of carbonyl (C=O) groups excluding carboxylic acids is 1. The fourth-order valence-corrected chi connectivity index (χ4v) is 4.27. The lowest BCUT2D eigenvalue weighted by molar-refractivity contribution is 0.230. The van der Waals surface area contributed by atoms with Gasteiger partial charge in [0, 0.05) is 11.7 Å². The summed E-state index contributed by atoms with van der Waals surface area (Å²) in [5, 5.41) is 6.15. The van der Waals surface area contributed by atoms with Crippen LogP contribution in [0.15, 0.2) is 18.2 Å². The Labute approximate surface area is 127 Å². The lowest BCUT2D eigenvalue weighted by Crippen LogP contribution is -2.42. The maximum Gasteiger partial charge on any atom is 0.319 e. The molecule has 114 valence electrons. The fourth-order valence-electron chi connectivity index (χ4n) is 4.27. The monoisotopic (exact) mass is 286 g/mol. The van der Waals surface area contributed by atoms with Crippen LogP contribution in [0.3, 0.4) is 0 Å². The smallest absolute Gasteiger partial charge is 0.319 e. The van der Waals surface area contributed by atoms with Crippen LogP contribution in [0.5, 0.6) is 0 Å². The average molecular weight is 286 g/mol. The van der Waals surface area contributed by atoms with Crippen molar-refractivity contribution in [1.29, 1.82) is 0 Å². The lowest BCUT2D eigenvalue weighted by Gasteiger charge is -2.28. The molecule has 1 aromatic carbocycles. The van der Waals surface area contributed by atoms with Gasteiger partial charge in [0.15, 0.2) is 0 Å². The second kappa shape index (κ2) is 5.70. The number of aryl methyl sites for hydroxylation is 1. The SMILES string of the molecule is Cc1cccc(NC(=O)N[C@@H](C)[C@@H]2C[C@H]3CC[C@H]2C3)c1C. The molecule has 2 aliphatic rings. The molecule has 0 radical (unpaired) electrons. The maximum absolute atomic E-state index is 12.2. The summed E-state index contributed by atoms with van der Waals surface area (Å²) in [5.74, 6) is 2.44. The summed E-state index contributed by atoms with van der Waals surface area (Å²) in [6.45, 7) is 6.27. The van der Waals surface area contributed by atoms with Crippen molar-refractivity contribution in [3.63, 3.8) is 0 Å². The third-order valence-electron chi connectivity index (χ3n) is 5.65. The maximum atomic E-state index is 12.2. The van der Waals surface area contributed by atoms with Gasteiger partial charge in [-0.1, -0.05) is 18.6 Å². The van der Waals surface area contributed by atoms with Gasteiger partial charge < -0.3 is 10.6 Å². The number of nitrogens with one attached hydrogen (secondary N) is 2. The number of urea groups is 1. The van der Waals surface area contributed by atoms with E-state index in [1.165, 1.54) is 31.2 Å². The van der Waals surface area contributed by atoms with Crippen LogP contribution in [-0.2, 0) is 0 Å². The molecular weight excluding hydrogens is 260 g/mol. The number of benzene rings is 1. The van der Waals surface area contributed by atoms with Crippen molar-refractivity contribution >= 4 is 11.7 Å². The molecular formula is C18H26N2O. The summed E-state index contributed by atoms with van der Waals surface area (Å²) >= 11 is 0. The third-order valence-corrected chi connectivity index (χ3v) is 5.65. The molecule has 2 fully saturated rings. The number of rotatable bonds is 3. The molecule has 2 saturated carbocycles. The van der Waals surface area contributed by atoms with Gasteiger partial charge in [0.05, 0.1) is 0 Å². The molecule has 4 atom stereocenters. The summed E-state index contributed by atoms with van der Waals surface area (Å²) in [4.78, 5) is 12.2. The predicted molar refractivity (Wildman–Crippen MR) is 86.5 cm³/mol. The first kappa shape index (κ1) is 14.4. The van der Waals surface area contributed by atoms with Gasteiger partial charge in [-0.25, -0.2) is 4.79 Å². The van der Waals surface area contributed by atoms with Crippen LogP contribution in [-0.4, -0.2) is 12.1 Å². The lowest BCUT2D eigenvalue weighted by atomic mass is 9.84. The molecule has 0 spiro atoms. The van der Waals surface area contributed by atoms with Crippen LogP contribution in [0.25, 0.3) is 0 Å². The average Bonchev–Trinajstić information content (AvgIpc) is 3.06. The van der Waals surface area contributed by atoms with E-state index in [-0.39, 0.29) is 12.1 Å². The molecule has 2 aliphatic carbocycles. The van der Waals surface area contributed by atoms with Crippen molar-refractivity contribution in [3.05, 3.63) is 29.3 Å². The number of anilines is 1. The van der Waals surface area contributed by atoms with Crippen LogP contribution >= 0.6 is 0 Å². The first-order valence-corrected chi connectivity index (χ1v) is 8.18. The Morgan fingerprint density at radius 3 is 2.71 bits per heavy atom. The second-order valence-electron chi connectivity index (χ2n) is 6.97. The van der Waals surface area contributed by atoms with Gasteiger partial charge >= 0.3 is 6.03 Å². The highest BCUT2D eigenvalue weighted by Gasteiger charge is 2.42. The summed E-state index contributed by atoms with van der Waals surface area (Å²) in [5.41, 5.74) is 3.25. The molecule has 3 rings (SSSR count). The molecule has 1 aromatic rings. The summed E-state index contributed by atoms with van der Waals surface area (Å²) < 4.78 is 0. The Morgan fingerprint density at radius 2 is 2.05 bits per heavy atom. The van der Waals surface area contributed by atoms with Gasteiger partial charge in [0.2, 0.25) is 0 Å². The van der Waals surface area contributed by atoms with Crippen LogP contribution in [0.4, 0.5) is 10.5 Å². The second-order valence-corrected chi connectivity index (χ2v) is 6.97. The molecule has 2 amide bonds. The molecule has 0 unspecified atom stereocenters. The van der Waals surface area contributed by atoms with Crippen LogP contribution in [0.2, 0.25) is 0 Å². The quantitative estimate of drug-likeness (QED) is 0.857. The Bertz CT molecular complexity index is 540. The molecule has 21 heavy (non-hydrogen) atoms. The van der Waals surface area contributed by atoms with Gasteiger partial charge in [-0.3, -0.25) is 0 Å². The zero-order valence-corrected chi connectivity index (χ0v) is 13.3. The normalized spacial score (nSPS) is 28.4. The number of carbonyl (C=O) groups is 1. The minimum Gasteiger partial charge on any atom is -0.335 e. The summed E-state index contributed by atoms with van der Waals surface area (Å²) in [7, 11) is 0. The van der Waals surface area contributed by atoms with E-state index in [9.17, 15) is 4.79 Å². The number of amides is 2. The predicted octanol–water partition coefficient (Wildman–Crippen LogP) is 4.25. The summed E-state index contributed by atoms with van der Waals surface area (Å²) in [6.07, 6.45) is 5.45. The van der Waals surface area contributed by atoms with E-state index in [0.717, 1.165) is 23.1 Å². The van der Waals surface area contributed by atoms with E-state index in [1.807, 2.05) is 19.1 Å². The van der Waals surface area contributed by atoms with Gasteiger partial charge in [0.1, 0.15) is 0 Å². The number of hydrogen-bond donors (Lipinski definition) is 2. The molecule has 2 N–H and O–H groups in total.